The number of amides is 1. The number of hydrogen-bond acceptors (Lipinski definition) is 4. The molecule has 0 spiro atoms. The third-order valence-electron chi connectivity index (χ3n) is 5.16. The monoisotopic (exact) mass is 475 g/mol. The number of nitrogens with zero attached hydrogens (tertiary/aromatic N) is 3. The maximum Gasteiger partial charge on any atom is 0.261 e. The van der Waals surface area contributed by atoms with Crippen molar-refractivity contribution < 1.29 is 9.53 Å². The molecule has 0 saturated heterocycles. The minimum absolute atomic E-state index is 0.127. The zero-order valence-corrected chi connectivity index (χ0v) is 20.2. The Morgan fingerprint density at radius 1 is 1.09 bits per heavy atom. The Bertz CT molecular complexity index is 1160. The van der Waals surface area contributed by atoms with E-state index < -0.39 is 6.04 Å². The molecule has 0 saturated carbocycles. The minimum atomic E-state index is -0.425. The molecule has 1 aromatic heterocycles. The van der Waals surface area contributed by atoms with Crippen molar-refractivity contribution in [3.63, 3.8) is 0 Å². The van der Waals surface area contributed by atoms with E-state index in [9.17, 15) is 9.59 Å². The van der Waals surface area contributed by atoms with Crippen molar-refractivity contribution in [2.75, 3.05) is 13.2 Å². The predicted octanol–water partition coefficient (Wildman–Crippen LogP) is 5.35. The lowest BCUT2D eigenvalue weighted by atomic mass is 10.1. The Kier molecular flexibility index (Phi) is 7.80. The molecule has 2 aromatic carbocycles. The van der Waals surface area contributed by atoms with Gasteiger partial charge in [0.15, 0.2) is 6.61 Å². The van der Waals surface area contributed by atoms with Crippen LogP contribution in [0.15, 0.2) is 47.3 Å². The van der Waals surface area contributed by atoms with Gasteiger partial charge in [0.2, 0.25) is 0 Å². The smallest absolute Gasteiger partial charge is 0.261 e. The van der Waals surface area contributed by atoms with Crippen molar-refractivity contribution in [3.05, 3.63) is 68.7 Å². The maximum atomic E-state index is 13.2. The van der Waals surface area contributed by atoms with E-state index in [-0.39, 0.29) is 24.0 Å². The largest absolute Gasteiger partial charge is 0.484 e. The molecule has 3 rings (SSSR count). The third kappa shape index (κ3) is 5.43. The van der Waals surface area contributed by atoms with Crippen LogP contribution < -0.4 is 10.3 Å². The lowest BCUT2D eigenvalue weighted by Crippen LogP contribution is -2.41. The number of benzene rings is 2. The summed E-state index contributed by atoms with van der Waals surface area (Å²) < 4.78 is 7.28. The molecule has 0 aliphatic rings. The number of fused-ring (bicyclic) bond motifs is 1. The van der Waals surface area contributed by atoms with E-state index in [1.54, 1.807) is 51.9 Å². The number of rotatable bonds is 8. The van der Waals surface area contributed by atoms with Crippen LogP contribution in [0.25, 0.3) is 10.9 Å². The van der Waals surface area contributed by atoms with Crippen molar-refractivity contribution in [2.45, 2.75) is 40.3 Å². The van der Waals surface area contributed by atoms with E-state index in [0.717, 1.165) is 0 Å². The number of halogens is 2. The van der Waals surface area contributed by atoms with E-state index in [1.165, 1.54) is 0 Å². The van der Waals surface area contributed by atoms with Crippen LogP contribution in [0.4, 0.5) is 0 Å². The van der Waals surface area contributed by atoms with Gasteiger partial charge in [0.25, 0.3) is 11.5 Å². The molecule has 0 radical (unpaired) electrons. The third-order valence-corrected chi connectivity index (χ3v) is 5.65. The molecule has 8 heteroatoms. The zero-order chi connectivity index (χ0) is 23.4. The Morgan fingerprint density at radius 3 is 2.38 bits per heavy atom. The number of carbonyl (C=O) groups excluding carboxylic acids is 1. The molecule has 32 heavy (non-hydrogen) atoms. The summed E-state index contributed by atoms with van der Waals surface area (Å²) in [6, 6.07) is 11.5. The van der Waals surface area contributed by atoms with Crippen molar-refractivity contribution in [1.82, 2.24) is 14.5 Å². The van der Waals surface area contributed by atoms with E-state index in [0.29, 0.717) is 45.6 Å². The Morgan fingerprint density at radius 2 is 1.75 bits per heavy atom. The highest BCUT2D eigenvalue weighted by atomic mass is 35.5. The molecular weight excluding hydrogens is 449 g/mol. The van der Waals surface area contributed by atoms with Gasteiger partial charge in [-0.15, -0.1) is 0 Å². The number of ether oxygens (including phenoxy) is 1. The summed E-state index contributed by atoms with van der Waals surface area (Å²) in [7, 11) is 0. The fourth-order valence-corrected chi connectivity index (χ4v) is 3.90. The summed E-state index contributed by atoms with van der Waals surface area (Å²) in [4.78, 5) is 32.7. The number of hydrogen-bond donors (Lipinski definition) is 0. The highest BCUT2D eigenvalue weighted by Gasteiger charge is 2.27. The van der Waals surface area contributed by atoms with Gasteiger partial charge >= 0.3 is 0 Å². The first-order chi connectivity index (χ1) is 15.2. The molecule has 0 aliphatic heterocycles. The second kappa shape index (κ2) is 10.4. The van der Waals surface area contributed by atoms with Crippen LogP contribution in [0.2, 0.25) is 10.0 Å². The molecule has 0 aliphatic carbocycles. The first-order valence-electron chi connectivity index (χ1n) is 10.6. The van der Waals surface area contributed by atoms with Crippen LogP contribution in [0.1, 0.15) is 39.6 Å². The Balaban J connectivity index is 1.94. The highest BCUT2D eigenvalue weighted by molar-refractivity contribution is 6.31. The fourth-order valence-electron chi connectivity index (χ4n) is 3.60. The van der Waals surface area contributed by atoms with Crippen LogP contribution in [0.5, 0.6) is 5.75 Å². The summed E-state index contributed by atoms with van der Waals surface area (Å²) in [5, 5.41) is 1.54. The van der Waals surface area contributed by atoms with Crippen molar-refractivity contribution in [3.8, 4) is 5.75 Å². The molecular formula is C24H27Cl2N3O3. The SMILES string of the molecule is CCn1c(C(C)N(CC(C)C)C(=O)COc2ccc(Cl)cc2)nc2ccc(Cl)cc2c1=O. The summed E-state index contributed by atoms with van der Waals surface area (Å²) in [6.07, 6.45) is 0. The van der Waals surface area contributed by atoms with Crippen molar-refractivity contribution in [1.29, 1.82) is 0 Å². The lowest BCUT2D eigenvalue weighted by Gasteiger charge is -2.31. The summed E-state index contributed by atoms with van der Waals surface area (Å²) in [5.41, 5.74) is 0.386. The quantitative estimate of drug-likeness (QED) is 0.440. The van der Waals surface area contributed by atoms with E-state index in [4.69, 9.17) is 32.9 Å². The molecule has 3 aromatic rings. The van der Waals surface area contributed by atoms with Crippen LogP contribution >= 0.6 is 23.2 Å². The zero-order valence-electron chi connectivity index (χ0n) is 18.6. The van der Waals surface area contributed by atoms with E-state index >= 15 is 0 Å². The standard InChI is InChI=1S/C24H27Cl2N3O3/c1-5-28-23(27-21-11-8-18(26)12-20(21)24(28)31)16(4)29(13-15(2)3)22(30)14-32-19-9-6-17(25)7-10-19/h6-12,15-16H,5,13-14H2,1-4H3. The summed E-state index contributed by atoms with van der Waals surface area (Å²) in [6.45, 7) is 8.65. The summed E-state index contributed by atoms with van der Waals surface area (Å²) in [5.74, 6) is 1.13. The van der Waals surface area contributed by atoms with Gasteiger partial charge in [-0.05, 0) is 62.2 Å². The van der Waals surface area contributed by atoms with Gasteiger partial charge in [-0.25, -0.2) is 4.98 Å². The van der Waals surface area contributed by atoms with Gasteiger partial charge in [0, 0.05) is 23.1 Å². The molecule has 170 valence electrons. The van der Waals surface area contributed by atoms with E-state index in [2.05, 4.69) is 0 Å². The van der Waals surface area contributed by atoms with Crippen LogP contribution in [-0.4, -0.2) is 33.5 Å². The highest BCUT2D eigenvalue weighted by Crippen LogP contribution is 2.23. The van der Waals surface area contributed by atoms with Crippen LogP contribution in [0.3, 0.4) is 0 Å². The van der Waals surface area contributed by atoms with Gasteiger partial charge in [-0.3, -0.25) is 14.2 Å². The first-order valence-corrected chi connectivity index (χ1v) is 11.3. The first kappa shape index (κ1) is 24.1. The van der Waals surface area contributed by atoms with Gasteiger partial charge < -0.3 is 9.64 Å². The second-order valence-corrected chi connectivity index (χ2v) is 8.91. The molecule has 0 fully saturated rings. The van der Waals surface area contributed by atoms with Gasteiger partial charge in [0.05, 0.1) is 16.9 Å². The second-order valence-electron chi connectivity index (χ2n) is 8.04. The summed E-state index contributed by atoms with van der Waals surface area (Å²) >= 11 is 12.0. The lowest BCUT2D eigenvalue weighted by molar-refractivity contribution is -0.136. The molecule has 1 unspecified atom stereocenters. The van der Waals surface area contributed by atoms with Crippen LogP contribution in [0, 0.1) is 5.92 Å². The topological polar surface area (TPSA) is 64.4 Å². The van der Waals surface area contributed by atoms with E-state index in [1.807, 2.05) is 27.7 Å². The molecule has 0 bridgehead atoms. The van der Waals surface area contributed by atoms with Crippen LogP contribution in [-0.2, 0) is 11.3 Å². The van der Waals surface area contributed by atoms with Gasteiger partial charge in [-0.2, -0.15) is 0 Å². The average Bonchev–Trinajstić information content (AvgIpc) is 2.76. The minimum Gasteiger partial charge on any atom is -0.484 e. The molecule has 1 amide bonds. The maximum absolute atomic E-state index is 13.2. The fraction of sp³-hybridized carbons (Fsp3) is 0.375. The average molecular weight is 476 g/mol. The van der Waals surface area contributed by atoms with Gasteiger partial charge in [0.1, 0.15) is 11.6 Å². The molecule has 1 heterocycles. The molecule has 1 atom stereocenters. The molecule has 6 nitrogen and oxygen atoms in total. The Labute approximate surface area is 197 Å². The van der Waals surface area contributed by atoms with Gasteiger partial charge in [-0.1, -0.05) is 37.0 Å². The van der Waals surface area contributed by atoms with Crippen molar-refractivity contribution >= 4 is 40.0 Å². The Hall–Kier alpha value is -2.57. The predicted molar refractivity (Wildman–Crippen MR) is 129 cm³/mol. The number of aromatic nitrogens is 2. The van der Waals surface area contributed by atoms with Crippen molar-refractivity contribution in [2.24, 2.45) is 5.92 Å². The normalized spacial score (nSPS) is 12.2. The molecule has 0 N–H and O–H groups in total. The number of carbonyl (C=O) groups is 1.